The number of aromatic amines is 1. The van der Waals surface area contributed by atoms with Crippen molar-refractivity contribution in [3.63, 3.8) is 0 Å². The fourth-order valence-electron chi connectivity index (χ4n) is 3.69. The lowest BCUT2D eigenvalue weighted by Gasteiger charge is -2.18. The fourth-order valence-corrected chi connectivity index (χ4v) is 3.69. The minimum Gasteiger partial charge on any atom is -0.486 e. The van der Waals surface area contributed by atoms with Crippen LogP contribution in [0.5, 0.6) is 5.75 Å². The van der Waals surface area contributed by atoms with Crippen LogP contribution in [0.1, 0.15) is 21.9 Å². The molecule has 0 fully saturated rings. The van der Waals surface area contributed by atoms with E-state index in [-0.39, 0.29) is 24.6 Å². The number of nitrogens with one attached hydrogen (secondary N) is 1. The first-order chi connectivity index (χ1) is 16.1. The van der Waals surface area contributed by atoms with Gasteiger partial charge < -0.3 is 19.0 Å². The second kappa shape index (κ2) is 8.58. The Morgan fingerprint density at radius 2 is 1.82 bits per heavy atom. The average molecular weight is 439 g/mol. The molecule has 3 aromatic heterocycles. The van der Waals surface area contributed by atoms with Gasteiger partial charge in [-0.2, -0.15) is 0 Å². The summed E-state index contributed by atoms with van der Waals surface area (Å²) in [6.07, 6.45) is 3.82. The van der Waals surface area contributed by atoms with Crippen molar-refractivity contribution in [1.82, 2.24) is 24.3 Å². The molecule has 0 aliphatic carbocycles. The van der Waals surface area contributed by atoms with Gasteiger partial charge >= 0.3 is 0 Å². The molecule has 8 nitrogen and oxygen atoms in total. The molecule has 0 radical (unpaired) electrons. The number of hydrogen-bond donors (Lipinski definition) is 1. The lowest BCUT2D eigenvalue weighted by Crippen LogP contribution is -2.28. The highest BCUT2D eigenvalue weighted by molar-refractivity contribution is 5.96. The molecule has 5 aromatic rings. The van der Waals surface area contributed by atoms with E-state index < -0.39 is 0 Å². The molecule has 33 heavy (non-hydrogen) atoms. The minimum atomic E-state index is -0.239. The maximum absolute atomic E-state index is 13.2. The van der Waals surface area contributed by atoms with Crippen LogP contribution in [0.15, 0.2) is 83.9 Å². The first-order valence-corrected chi connectivity index (χ1v) is 10.5. The molecule has 0 saturated heterocycles. The Bertz CT molecular complexity index is 1490. The molecule has 0 aliphatic heterocycles. The number of ether oxygens (including phenoxy) is 1. The number of imidazole rings is 1. The zero-order valence-electron chi connectivity index (χ0n) is 17.9. The molecule has 0 saturated carbocycles. The zero-order chi connectivity index (χ0) is 22.8. The lowest BCUT2D eigenvalue weighted by molar-refractivity contribution is 0.0776. The highest BCUT2D eigenvalue weighted by Crippen LogP contribution is 2.21. The Labute approximate surface area is 189 Å². The van der Waals surface area contributed by atoms with Crippen LogP contribution >= 0.6 is 0 Å². The number of hydrogen-bond acceptors (Lipinski definition) is 5. The summed E-state index contributed by atoms with van der Waals surface area (Å²) in [5, 5.41) is 0.515. The third-order valence-electron chi connectivity index (χ3n) is 5.30. The van der Waals surface area contributed by atoms with Crippen molar-refractivity contribution in [1.29, 1.82) is 0 Å². The molecule has 1 N–H and O–H groups in total. The summed E-state index contributed by atoms with van der Waals surface area (Å²) in [6, 6.07) is 20.0. The van der Waals surface area contributed by atoms with Crippen molar-refractivity contribution in [3.8, 4) is 5.75 Å². The summed E-state index contributed by atoms with van der Waals surface area (Å²) in [5.74, 6) is 0.639. The van der Waals surface area contributed by atoms with Crippen LogP contribution in [-0.4, -0.2) is 37.2 Å². The van der Waals surface area contributed by atoms with E-state index in [0.29, 0.717) is 28.0 Å². The summed E-state index contributed by atoms with van der Waals surface area (Å²) >= 11 is 0. The van der Waals surface area contributed by atoms with E-state index in [0.717, 1.165) is 11.3 Å². The van der Waals surface area contributed by atoms with Crippen LogP contribution in [0, 0.1) is 0 Å². The number of fused-ring (bicyclic) bond motifs is 2. The number of aromatic nitrogens is 4. The molecule has 3 heterocycles. The van der Waals surface area contributed by atoms with E-state index in [2.05, 4.69) is 15.0 Å². The summed E-state index contributed by atoms with van der Waals surface area (Å²) in [7, 11) is 1.66. The Kier molecular flexibility index (Phi) is 5.32. The number of benzene rings is 2. The molecule has 164 valence electrons. The van der Waals surface area contributed by atoms with Crippen molar-refractivity contribution in [3.05, 3.63) is 107 Å². The predicted molar refractivity (Wildman–Crippen MR) is 124 cm³/mol. The Morgan fingerprint density at radius 3 is 2.70 bits per heavy atom. The summed E-state index contributed by atoms with van der Waals surface area (Å²) in [5.41, 5.74) is 2.37. The molecule has 5 rings (SSSR count). The van der Waals surface area contributed by atoms with Crippen LogP contribution in [0.4, 0.5) is 0 Å². The quantitative estimate of drug-likeness (QED) is 0.438. The normalized spacial score (nSPS) is 11.1. The van der Waals surface area contributed by atoms with E-state index in [1.165, 1.54) is 4.90 Å². The van der Waals surface area contributed by atoms with Crippen molar-refractivity contribution < 1.29 is 9.53 Å². The van der Waals surface area contributed by atoms with Gasteiger partial charge in [-0.15, -0.1) is 0 Å². The van der Waals surface area contributed by atoms with Gasteiger partial charge in [-0.05, 0) is 36.4 Å². The van der Waals surface area contributed by atoms with Gasteiger partial charge in [0, 0.05) is 19.4 Å². The van der Waals surface area contributed by atoms with E-state index in [4.69, 9.17) is 4.74 Å². The topological polar surface area (TPSA) is 92.6 Å². The monoisotopic (exact) mass is 439 g/mol. The van der Waals surface area contributed by atoms with Crippen LogP contribution in [0.2, 0.25) is 0 Å². The van der Waals surface area contributed by atoms with Crippen molar-refractivity contribution >= 4 is 22.5 Å². The van der Waals surface area contributed by atoms with Gasteiger partial charge in [0.05, 0.1) is 28.7 Å². The highest BCUT2D eigenvalue weighted by Gasteiger charge is 2.18. The standard InChI is InChI=1S/C25H21N5O3/c1-29(15-22-27-20-10-4-2-8-18(20)24(31)28-22)25(32)19-9-3-5-11-21(19)33-16-17-14-30-13-7-6-12-23(30)26-17/h2-14H,15-16H2,1H3,(H,27,28,31). The molecular weight excluding hydrogens is 418 g/mol. The fraction of sp³-hybridized carbons (Fsp3) is 0.120. The molecule has 0 spiro atoms. The Hall–Kier alpha value is -4.46. The SMILES string of the molecule is CN(Cc1nc2ccccc2c(=O)[nH]1)C(=O)c1ccccc1OCc1cn2ccccc2n1. The van der Waals surface area contributed by atoms with Gasteiger partial charge in [-0.1, -0.05) is 30.3 Å². The summed E-state index contributed by atoms with van der Waals surface area (Å²) in [6.45, 7) is 0.384. The molecule has 0 unspecified atom stereocenters. The van der Waals surface area contributed by atoms with Crippen LogP contribution in [0.3, 0.4) is 0 Å². The molecule has 1 amide bonds. The lowest BCUT2D eigenvalue weighted by atomic mass is 10.1. The maximum Gasteiger partial charge on any atom is 0.258 e. The van der Waals surface area contributed by atoms with Crippen LogP contribution < -0.4 is 10.3 Å². The average Bonchev–Trinajstić information content (AvgIpc) is 3.25. The smallest absolute Gasteiger partial charge is 0.258 e. The summed E-state index contributed by atoms with van der Waals surface area (Å²) < 4.78 is 7.87. The van der Waals surface area contributed by atoms with Crippen molar-refractivity contribution in [2.24, 2.45) is 0 Å². The first-order valence-electron chi connectivity index (χ1n) is 10.5. The van der Waals surface area contributed by atoms with E-state index in [1.807, 2.05) is 47.1 Å². The molecule has 0 aliphatic rings. The number of H-pyrrole nitrogens is 1. The van der Waals surface area contributed by atoms with Gasteiger partial charge in [-0.3, -0.25) is 9.59 Å². The Morgan fingerprint density at radius 1 is 1.03 bits per heavy atom. The summed E-state index contributed by atoms with van der Waals surface area (Å²) in [4.78, 5) is 38.8. The number of nitrogens with zero attached hydrogens (tertiary/aromatic N) is 4. The van der Waals surface area contributed by atoms with Crippen LogP contribution in [0.25, 0.3) is 16.6 Å². The van der Waals surface area contributed by atoms with Gasteiger partial charge in [0.2, 0.25) is 0 Å². The number of rotatable bonds is 6. The first kappa shape index (κ1) is 20.4. The van der Waals surface area contributed by atoms with Crippen molar-refractivity contribution in [2.45, 2.75) is 13.2 Å². The third kappa shape index (κ3) is 4.18. The van der Waals surface area contributed by atoms with Crippen LogP contribution in [-0.2, 0) is 13.2 Å². The second-order valence-electron chi connectivity index (χ2n) is 7.67. The maximum atomic E-state index is 13.2. The predicted octanol–water partition coefficient (Wildman–Crippen LogP) is 3.42. The molecule has 0 atom stereocenters. The van der Waals surface area contributed by atoms with E-state index >= 15 is 0 Å². The number of carbonyl (C=O) groups is 1. The van der Waals surface area contributed by atoms with E-state index in [9.17, 15) is 9.59 Å². The number of amides is 1. The van der Waals surface area contributed by atoms with Gasteiger partial charge in [-0.25, -0.2) is 9.97 Å². The van der Waals surface area contributed by atoms with Gasteiger partial charge in [0.15, 0.2) is 0 Å². The Balaban J connectivity index is 1.33. The number of pyridine rings is 1. The van der Waals surface area contributed by atoms with Gasteiger partial charge in [0.25, 0.3) is 11.5 Å². The zero-order valence-corrected chi connectivity index (χ0v) is 17.9. The molecule has 2 aromatic carbocycles. The molecule has 0 bridgehead atoms. The largest absolute Gasteiger partial charge is 0.486 e. The third-order valence-corrected chi connectivity index (χ3v) is 5.30. The van der Waals surface area contributed by atoms with Crippen molar-refractivity contribution in [2.75, 3.05) is 7.05 Å². The van der Waals surface area contributed by atoms with E-state index in [1.54, 1.807) is 43.4 Å². The van der Waals surface area contributed by atoms with Gasteiger partial charge in [0.1, 0.15) is 23.8 Å². The second-order valence-corrected chi connectivity index (χ2v) is 7.67. The molecular formula is C25H21N5O3. The highest BCUT2D eigenvalue weighted by atomic mass is 16.5. The number of carbonyl (C=O) groups excluding carboxylic acids is 1. The minimum absolute atomic E-state index is 0.152. The molecule has 8 heteroatoms. The number of para-hydroxylation sites is 2.